The molecule has 0 aromatic carbocycles. The van der Waals surface area contributed by atoms with Crippen molar-refractivity contribution in [3.05, 3.63) is 0 Å². The van der Waals surface area contributed by atoms with Crippen LogP contribution in [-0.4, -0.2) is 78.7 Å². The van der Waals surface area contributed by atoms with Crippen molar-refractivity contribution < 1.29 is 0 Å². The summed E-state index contributed by atoms with van der Waals surface area (Å²) in [6.45, 7) is 8.74. The Labute approximate surface area is 117 Å². The van der Waals surface area contributed by atoms with E-state index in [9.17, 15) is 0 Å². The summed E-state index contributed by atoms with van der Waals surface area (Å²) < 4.78 is 0. The molecule has 0 amide bonds. The summed E-state index contributed by atoms with van der Waals surface area (Å²) in [5, 5.41) is 2.40. The Balaban J connectivity index is 1.60. The minimum absolute atomic E-state index is 0.109. The standard InChI is InChI=1S/C14H29N5/c1-12-9-14(10-15,11-19(12)13-3-4-13)16-18-7-5-17(2)6-8-18/h12-13,16H,3-11,15H2,1-2H3. The lowest BCUT2D eigenvalue weighted by Gasteiger charge is -2.40. The van der Waals surface area contributed by atoms with Crippen LogP contribution in [0.25, 0.3) is 0 Å². The predicted octanol–water partition coefficient (Wildman–Crippen LogP) is -0.307. The molecule has 1 saturated carbocycles. The van der Waals surface area contributed by atoms with Gasteiger partial charge < -0.3 is 10.6 Å². The monoisotopic (exact) mass is 267 g/mol. The molecule has 3 fully saturated rings. The van der Waals surface area contributed by atoms with Gasteiger partial charge in [0, 0.05) is 51.4 Å². The molecule has 2 heterocycles. The molecule has 19 heavy (non-hydrogen) atoms. The second-order valence-corrected chi connectivity index (χ2v) is 6.84. The van der Waals surface area contributed by atoms with Gasteiger partial charge in [0.25, 0.3) is 0 Å². The van der Waals surface area contributed by atoms with Gasteiger partial charge in [0.15, 0.2) is 0 Å². The average Bonchev–Trinajstić information content (AvgIpc) is 3.18. The fourth-order valence-corrected chi connectivity index (χ4v) is 3.68. The first kappa shape index (κ1) is 13.8. The Morgan fingerprint density at radius 2 is 1.89 bits per heavy atom. The number of likely N-dealkylation sites (tertiary alicyclic amines) is 1. The molecule has 2 saturated heterocycles. The first-order valence-corrected chi connectivity index (χ1v) is 7.79. The molecule has 5 heteroatoms. The van der Waals surface area contributed by atoms with Gasteiger partial charge in [-0.1, -0.05) is 0 Å². The van der Waals surface area contributed by atoms with Gasteiger partial charge >= 0.3 is 0 Å². The zero-order valence-corrected chi connectivity index (χ0v) is 12.4. The van der Waals surface area contributed by atoms with Crippen molar-refractivity contribution in [3.8, 4) is 0 Å². The van der Waals surface area contributed by atoms with Gasteiger partial charge in [0.2, 0.25) is 0 Å². The van der Waals surface area contributed by atoms with Crippen molar-refractivity contribution >= 4 is 0 Å². The van der Waals surface area contributed by atoms with Crippen LogP contribution in [0.5, 0.6) is 0 Å². The molecule has 3 rings (SSSR count). The number of nitrogens with zero attached hydrogens (tertiary/aromatic N) is 3. The van der Waals surface area contributed by atoms with E-state index in [-0.39, 0.29) is 5.54 Å². The highest BCUT2D eigenvalue weighted by Crippen LogP contribution is 2.37. The summed E-state index contributed by atoms with van der Waals surface area (Å²) in [7, 11) is 2.20. The summed E-state index contributed by atoms with van der Waals surface area (Å²) >= 11 is 0. The van der Waals surface area contributed by atoms with Crippen LogP contribution in [-0.2, 0) is 0 Å². The first-order chi connectivity index (χ1) is 9.12. The number of hydrogen-bond donors (Lipinski definition) is 2. The van der Waals surface area contributed by atoms with Crippen LogP contribution < -0.4 is 11.2 Å². The fourth-order valence-electron chi connectivity index (χ4n) is 3.68. The van der Waals surface area contributed by atoms with Gasteiger partial charge in [-0.05, 0) is 33.2 Å². The van der Waals surface area contributed by atoms with Crippen molar-refractivity contribution in [2.75, 3.05) is 46.3 Å². The number of hydrazine groups is 1. The van der Waals surface area contributed by atoms with Crippen LogP contribution in [0.3, 0.4) is 0 Å². The normalized spacial score (nSPS) is 39.0. The Kier molecular flexibility index (Phi) is 3.84. The van der Waals surface area contributed by atoms with E-state index in [1.807, 2.05) is 0 Å². The van der Waals surface area contributed by atoms with Crippen LogP contribution in [0.2, 0.25) is 0 Å². The molecule has 2 atom stereocenters. The highest BCUT2D eigenvalue weighted by Gasteiger charge is 2.47. The third-order valence-electron chi connectivity index (χ3n) is 5.04. The zero-order chi connectivity index (χ0) is 13.5. The molecule has 0 bridgehead atoms. The summed E-state index contributed by atoms with van der Waals surface area (Å²) in [5.41, 5.74) is 10.0. The molecule has 3 N–H and O–H groups in total. The van der Waals surface area contributed by atoms with E-state index >= 15 is 0 Å². The molecule has 0 radical (unpaired) electrons. The maximum atomic E-state index is 6.13. The Bertz CT molecular complexity index is 311. The van der Waals surface area contributed by atoms with Crippen molar-refractivity contribution in [1.82, 2.24) is 20.2 Å². The quantitative estimate of drug-likeness (QED) is 0.732. The van der Waals surface area contributed by atoms with E-state index in [1.165, 1.54) is 19.3 Å². The third-order valence-corrected chi connectivity index (χ3v) is 5.04. The van der Waals surface area contributed by atoms with E-state index in [0.29, 0.717) is 6.04 Å². The molecule has 5 nitrogen and oxygen atoms in total. The summed E-state index contributed by atoms with van der Waals surface area (Å²) in [6, 6.07) is 1.52. The fraction of sp³-hybridized carbons (Fsp3) is 1.00. The van der Waals surface area contributed by atoms with Gasteiger partial charge in [-0.15, -0.1) is 0 Å². The van der Waals surface area contributed by atoms with Gasteiger partial charge in [-0.3, -0.25) is 4.90 Å². The lowest BCUT2D eigenvalue weighted by atomic mass is 9.97. The number of nitrogens with two attached hydrogens (primary N) is 1. The smallest absolute Gasteiger partial charge is 0.0589 e. The van der Waals surface area contributed by atoms with Crippen LogP contribution in [0.15, 0.2) is 0 Å². The molecule has 0 spiro atoms. The minimum Gasteiger partial charge on any atom is -0.329 e. The lowest BCUT2D eigenvalue weighted by Crippen LogP contribution is -2.63. The Morgan fingerprint density at radius 3 is 2.47 bits per heavy atom. The van der Waals surface area contributed by atoms with Crippen LogP contribution in [0.1, 0.15) is 26.2 Å². The maximum absolute atomic E-state index is 6.13. The number of nitrogens with one attached hydrogen (secondary N) is 1. The molecule has 110 valence electrons. The predicted molar refractivity (Wildman–Crippen MR) is 77.8 cm³/mol. The van der Waals surface area contributed by atoms with Crippen molar-refractivity contribution in [1.29, 1.82) is 0 Å². The van der Waals surface area contributed by atoms with E-state index in [0.717, 1.165) is 45.3 Å². The van der Waals surface area contributed by atoms with Crippen molar-refractivity contribution in [3.63, 3.8) is 0 Å². The summed E-state index contributed by atoms with van der Waals surface area (Å²) in [5.74, 6) is 0. The van der Waals surface area contributed by atoms with Crippen molar-refractivity contribution in [2.45, 2.75) is 43.8 Å². The van der Waals surface area contributed by atoms with E-state index in [4.69, 9.17) is 5.73 Å². The number of piperazine rings is 1. The molecular formula is C14H29N5. The molecular weight excluding hydrogens is 238 g/mol. The minimum atomic E-state index is 0.109. The summed E-state index contributed by atoms with van der Waals surface area (Å²) in [6.07, 6.45) is 3.96. The van der Waals surface area contributed by atoms with E-state index < -0.39 is 0 Å². The molecule has 0 aromatic rings. The van der Waals surface area contributed by atoms with Crippen LogP contribution in [0.4, 0.5) is 0 Å². The molecule has 0 aromatic heterocycles. The number of hydrogen-bond acceptors (Lipinski definition) is 5. The maximum Gasteiger partial charge on any atom is 0.0589 e. The largest absolute Gasteiger partial charge is 0.329 e. The SMILES string of the molecule is CC1CC(CN)(NN2CCN(C)CC2)CN1C1CC1. The van der Waals surface area contributed by atoms with Crippen LogP contribution >= 0.6 is 0 Å². The lowest BCUT2D eigenvalue weighted by molar-refractivity contribution is 0.0567. The highest BCUT2D eigenvalue weighted by molar-refractivity contribution is 5.05. The van der Waals surface area contributed by atoms with Gasteiger partial charge in [-0.25, -0.2) is 10.4 Å². The Hall–Kier alpha value is -0.200. The molecule has 1 aliphatic carbocycles. The molecule has 2 unspecified atom stereocenters. The molecule has 2 aliphatic heterocycles. The zero-order valence-electron chi connectivity index (χ0n) is 12.4. The second-order valence-electron chi connectivity index (χ2n) is 6.84. The van der Waals surface area contributed by atoms with Crippen molar-refractivity contribution in [2.24, 2.45) is 5.73 Å². The first-order valence-electron chi connectivity index (χ1n) is 7.79. The average molecular weight is 267 g/mol. The highest BCUT2D eigenvalue weighted by atomic mass is 15.6. The Morgan fingerprint density at radius 1 is 1.21 bits per heavy atom. The number of rotatable bonds is 4. The van der Waals surface area contributed by atoms with Gasteiger partial charge in [-0.2, -0.15) is 0 Å². The van der Waals surface area contributed by atoms with E-state index in [1.54, 1.807) is 0 Å². The van der Waals surface area contributed by atoms with Gasteiger partial charge in [0.1, 0.15) is 0 Å². The topological polar surface area (TPSA) is 47.8 Å². The third kappa shape index (κ3) is 2.95. The number of likely N-dealkylation sites (N-methyl/N-ethyl adjacent to an activating group) is 1. The van der Waals surface area contributed by atoms with Crippen LogP contribution in [0, 0.1) is 0 Å². The van der Waals surface area contributed by atoms with E-state index in [2.05, 4.69) is 34.2 Å². The van der Waals surface area contributed by atoms with Gasteiger partial charge in [0.05, 0.1) is 5.54 Å². The second kappa shape index (κ2) is 5.30. The summed E-state index contributed by atoms with van der Waals surface area (Å²) in [4.78, 5) is 5.07. The molecule has 3 aliphatic rings.